The van der Waals surface area contributed by atoms with Gasteiger partial charge in [0, 0.05) is 47.9 Å². The van der Waals surface area contributed by atoms with Crippen LogP contribution in [0.25, 0.3) is 16.8 Å². The Hall–Kier alpha value is -2.63. The first kappa shape index (κ1) is 18.7. The highest BCUT2D eigenvalue weighted by atomic mass is 35.5. The molecule has 0 saturated carbocycles. The second kappa shape index (κ2) is 7.41. The summed E-state index contributed by atoms with van der Waals surface area (Å²) in [7, 11) is 1.52. The standard InChI is InChI=1S/C22H20ClFN2O2/c1-13-9-14(3-5-17(13)23)16-10-21(28-2)20(11-18(16)24)26-19-7-8-25-12-15(19)4-6-22(26)27/h3-6,9-11,25H,7-8,12H2,1-2H3. The number of methoxy groups -OCH3 is 1. The zero-order valence-electron chi connectivity index (χ0n) is 15.7. The predicted octanol–water partition coefficient (Wildman–Crippen LogP) is 4.26. The highest BCUT2D eigenvalue weighted by Crippen LogP contribution is 2.34. The first-order chi connectivity index (χ1) is 13.5. The van der Waals surface area contributed by atoms with Crippen LogP contribution in [-0.2, 0) is 13.0 Å². The van der Waals surface area contributed by atoms with E-state index < -0.39 is 5.82 Å². The molecule has 0 saturated heterocycles. The predicted molar refractivity (Wildman–Crippen MR) is 109 cm³/mol. The van der Waals surface area contributed by atoms with Crippen LogP contribution in [0.1, 0.15) is 16.8 Å². The Bertz CT molecular complexity index is 1120. The fourth-order valence-electron chi connectivity index (χ4n) is 3.66. The van der Waals surface area contributed by atoms with Gasteiger partial charge in [0.1, 0.15) is 11.6 Å². The molecule has 1 aromatic heterocycles. The summed E-state index contributed by atoms with van der Waals surface area (Å²) in [6.45, 7) is 3.32. The quantitative estimate of drug-likeness (QED) is 0.716. The number of hydrogen-bond acceptors (Lipinski definition) is 3. The minimum absolute atomic E-state index is 0.201. The average molecular weight is 399 g/mol. The van der Waals surface area contributed by atoms with Gasteiger partial charge >= 0.3 is 0 Å². The molecular formula is C22H20ClFN2O2. The molecule has 1 N–H and O–H groups in total. The molecule has 3 aromatic rings. The molecule has 2 aromatic carbocycles. The van der Waals surface area contributed by atoms with Gasteiger partial charge in [-0.05, 0) is 41.8 Å². The zero-order chi connectivity index (χ0) is 19.8. The Labute approximate surface area is 167 Å². The van der Waals surface area contributed by atoms with Crippen LogP contribution in [0.5, 0.6) is 5.75 Å². The Kier molecular flexibility index (Phi) is 4.96. The van der Waals surface area contributed by atoms with E-state index in [1.807, 2.05) is 19.1 Å². The lowest BCUT2D eigenvalue weighted by atomic mass is 10.0. The van der Waals surface area contributed by atoms with E-state index in [9.17, 15) is 4.79 Å². The third-order valence-electron chi connectivity index (χ3n) is 5.12. The second-order valence-electron chi connectivity index (χ2n) is 6.87. The molecule has 1 aliphatic rings. The van der Waals surface area contributed by atoms with Crippen molar-refractivity contribution in [3.05, 3.63) is 80.5 Å². The Morgan fingerprint density at radius 2 is 2.00 bits per heavy atom. The van der Waals surface area contributed by atoms with Crippen molar-refractivity contribution in [2.45, 2.75) is 19.9 Å². The van der Waals surface area contributed by atoms with Gasteiger partial charge in [-0.1, -0.05) is 23.7 Å². The molecule has 0 bridgehead atoms. The van der Waals surface area contributed by atoms with Crippen molar-refractivity contribution in [1.82, 2.24) is 9.88 Å². The van der Waals surface area contributed by atoms with E-state index in [4.69, 9.17) is 16.3 Å². The second-order valence-corrected chi connectivity index (χ2v) is 7.28. The number of aryl methyl sites for hydroxylation is 1. The Morgan fingerprint density at radius 3 is 2.75 bits per heavy atom. The number of rotatable bonds is 3. The number of aromatic nitrogens is 1. The number of pyridine rings is 1. The lowest BCUT2D eigenvalue weighted by Gasteiger charge is -2.23. The van der Waals surface area contributed by atoms with Gasteiger partial charge in [-0.3, -0.25) is 9.36 Å². The van der Waals surface area contributed by atoms with Gasteiger partial charge in [-0.25, -0.2) is 4.39 Å². The lowest BCUT2D eigenvalue weighted by molar-refractivity contribution is 0.411. The summed E-state index contributed by atoms with van der Waals surface area (Å²) in [5, 5.41) is 3.92. The number of benzene rings is 2. The molecule has 6 heteroatoms. The van der Waals surface area contributed by atoms with Crippen molar-refractivity contribution in [2.24, 2.45) is 0 Å². The van der Waals surface area contributed by atoms with Gasteiger partial charge < -0.3 is 10.1 Å². The van der Waals surface area contributed by atoms with Crippen LogP contribution in [-0.4, -0.2) is 18.2 Å². The fraction of sp³-hybridized carbons (Fsp3) is 0.227. The topological polar surface area (TPSA) is 43.3 Å². The van der Waals surface area contributed by atoms with Crippen LogP contribution in [0.4, 0.5) is 4.39 Å². The molecule has 0 atom stereocenters. The third kappa shape index (κ3) is 3.21. The van der Waals surface area contributed by atoms with Crippen LogP contribution in [0, 0.1) is 12.7 Å². The molecule has 144 valence electrons. The van der Waals surface area contributed by atoms with Crippen molar-refractivity contribution < 1.29 is 9.13 Å². The number of halogens is 2. The molecule has 2 heterocycles. The van der Waals surface area contributed by atoms with Crippen molar-refractivity contribution in [3.63, 3.8) is 0 Å². The van der Waals surface area contributed by atoms with Crippen LogP contribution in [0.15, 0.2) is 47.3 Å². The lowest BCUT2D eigenvalue weighted by Crippen LogP contribution is -2.31. The fourth-order valence-corrected chi connectivity index (χ4v) is 3.78. The van der Waals surface area contributed by atoms with Gasteiger partial charge in [0.05, 0.1) is 12.8 Å². The summed E-state index contributed by atoms with van der Waals surface area (Å²) < 4.78 is 22.2. The van der Waals surface area contributed by atoms with E-state index in [0.29, 0.717) is 40.6 Å². The molecule has 28 heavy (non-hydrogen) atoms. The molecule has 0 spiro atoms. The minimum atomic E-state index is -0.420. The molecule has 0 aliphatic carbocycles. The number of hydrogen-bond donors (Lipinski definition) is 1. The molecule has 1 aliphatic heterocycles. The van der Waals surface area contributed by atoms with Gasteiger partial charge in [0.25, 0.3) is 5.56 Å². The highest BCUT2D eigenvalue weighted by Gasteiger charge is 2.20. The molecule has 0 radical (unpaired) electrons. The smallest absolute Gasteiger partial charge is 0.255 e. The first-order valence-corrected chi connectivity index (χ1v) is 9.46. The first-order valence-electron chi connectivity index (χ1n) is 9.08. The zero-order valence-corrected chi connectivity index (χ0v) is 16.4. The molecule has 0 unspecified atom stereocenters. The number of nitrogens with one attached hydrogen (secondary N) is 1. The summed E-state index contributed by atoms with van der Waals surface area (Å²) in [6.07, 6.45) is 0.689. The van der Waals surface area contributed by atoms with Crippen molar-refractivity contribution in [1.29, 1.82) is 0 Å². The van der Waals surface area contributed by atoms with E-state index in [2.05, 4.69) is 5.32 Å². The van der Waals surface area contributed by atoms with Crippen LogP contribution >= 0.6 is 11.6 Å². The van der Waals surface area contributed by atoms with E-state index in [-0.39, 0.29) is 5.56 Å². The van der Waals surface area contributed by atoms with Crippen molar-refractivity contribution in [3.8, 4) is 22.6 Å². The van der Waals surface area contributed by atoms with Crippen molar-refractivity contribution >= 4 is 11.6 Å². The molecule has 4 nitrogen and oxygen atoms in total. The Balaban J connectivity index is 1.92. The van der Waals surface area contributed by atoms with E-state index in [0.717, 1.165) is 23.4 Å². The van der Waals surface area contributed by atoms with Crippen LogP contribution in [0.3, 0.4) is 0 Å². The summed E-state index contributed by atoms with van der Waals surface area (Å²) in [4.78, 5) is 12.7. The maximum Gasteiger partial charge on any atom is 0.255 e. The summed E-state index contributed by atoms with van der Waals surface area (Å²) in [6, 6.07) is 11.7. The van der Waals surface area contributed by atoms with Crippen molar-refractivity contribution in [2.75, 3.05) is 13.7 Å². The summed E-state index contributed by atoms with van der Waals surface area (Å²) in [5.41, 5.74) is 4.11. The average Bonchev–Trinajstić information content (AvgIpc) is 2.70. The van der Waals surface area contributed by atoms with Crippen LogP contribution < -0.4 is 15.6 Å². The van der Waals surface area contributed by atoms with Crippen LogP contribution in [0.2, 0.25) is 5.02 Å². The third-order valence-corrected chi connectivity index (χ3v) is 5.54. The van der Waals surface area contributed by atoms with Gasteiger partial charge in [0.2, 0.25) is 0 Å². The number of ether oxygens (including phenoxy) is 1. The molecule has 0 fully saturated rings. The normalized spacial score (nSPS) is 13.3. The minimum Gasteiger partial charge on any atom is -0.495 e. The SMILES string of the molecule is COc1cc(-c2ccc(Cl)c(C)c2)c(F)cc1-n1c2c(ccc1=O)CNCC2. The van der Waals surface area contributed by atoms with Gasteiger partial charge in [-0.15, -0.1) is 0 Å². The van der Waals surface area contributed by atoms with E-state index in [1.165, 1.54) is 19.2 Å². The summed E-state index contributed by atoms with van der Waals surface area (Å²) in [5.74, 6) is 0.0222. The molecule has 0 amide bonds. The Morgan fingerprint density at radius 1 is 1.18 bits per heavy atom. The molecule has 4 rings (SSSR count). The maximum absolute atomic E-state index is 15.1. The van der Waals surface area contributed by atoms with Gasteiger partial charge in [0.15, 0.2) is 0 Å². The molecular weight excluding hydrogens is 379 g/mol. The number of nitrogens with zero attached hydrogens (tertiary/aromatic N) is 1. The monoisotopic (exact) mass is 398 g/mol. The van der Waals surface area contributed by atoms with Gasteiger partial charge in [-0.2, -0.15) is 0 Å². The maximum atomic E-state index is 15.1. The highest BCUT2D eigenvalue weighted by molar-refractivity contribution is 6.31. The largest absolute Gasteiger partial charge is 0.495 e. The van der Waals surface area contributed by atoms with E-state index >= 15 is 4.39 Å². The number of fused-ring (bicyclic) bond motifs is 1. The van der Waals surface area contributed by atoms with E-state index in [1.54, 1.807) is 22.8 Å². The summed E-state index contributed by atoms with van der Waals surface area (Å²) >= 11 is 6.09.